The van der Waals surface area contributed by atoms with E-state index in [0.29, 0.717) is 5.92 Å². The van der Waals surface area contributed by atoms with E-state index < -0.39 is 0 Å². The topological polar surface area (TPSA) is 0 Å². The van der Waals surface area contributed by atoms with Crippen molar-refractivity contribution in [2.45, 2.75) is 45.3 Å². The fourth-order valence-corrected chi connectivity index (χ4v) is 2.63. The van der Waals surface area contributed by atoms with E-state index in [1.54, 1.807) is 0 Å². The molecule has 0 aromatic heterocycles. The van der Waals surface area contributed by atoms with Gasteiger partial charge in [-0.1, -0.05) is 39.7 Å². The van der Waals surface area contributed by atoms with Crippen LogP contribution in [-0.4, -0.2) is 11.5 Å². The van der Waals surface area contributed by atoms with Gasteiger partial charge in [0.15, 0.2) is 0 Å². The molecular weight excluding hydrogens is 176 g/mol. The van der Waals surface area contributed by atoms with Crippen LogP contribution in [-0.2, 0) is 0 Å². The third kappa shape index (κ3) is 4.75. The molecule has 0 radical (unpaired) electrons. The maximum atomic E-state index is 3.87. The number of rotatable bonds is 7. The fourth-order valence-electron chi connectivity index (χ4n) is 1.55. The Morgan fingerprint density at radius 3 is 2.38 bits per heavy atom. The van der Waals surface area contributed by atoms with Crippen LogP contribution in [0.4, 0.5) is 0 Å². The summed E-state index contributed by atoms with van der Waals surface area (Å²) in [6.07, 6.45) is 8.34. The van der Waals surface area contributed by atoms with Crippen LogP contribution in [0.5, 0.6) is 0 Å². The van der Waals surface area contributed by atoms with Crippen molar-refractivity contribution in [3.63, 3.8) is 0 Å². The van der Waals surface area contributed by atoms with Gasteiger partial charge in [-0.05, 0) is 24.5 Å². The molecule has 0 aromatic carbocycles. The highest BCUT2D eigenvalue weighted by Gasteiger charge is 2.19. The zero-order chi connectivity index (χ0) is 10.3. The molecule has 0 amide bonds. The van der Waals surface area contributed by atoms with Gasteiger partial charge in [0.1, 0.15) is 0 Å². The van der Waals surface area contributed by atoms with Gasteiger partial charge in [-0.2, -0.15) is 11.8 Å². The van der Waals surface area contributed by atoms with Gasteiger partial charge in [0.2, 0.25) is 0 Å². The summed E-state index contributed by atoms with van der Waals surface area (Å²) in [5, 5.41) is 0.813. The molecule has 0 unspecified atom stereocenters. The van der Waals surface area contributed by atoms with Crippen molar-refractivity contribution in [3.05, 3.63) is 12.7 Å². The first-order valence-electron chi connectivity index (χ1n) is 5.32. The summed E-state index contributed by atoms with van der Waals surface area (Å²) >= 11 is 2.01. The molecule has 0 spiro atoms. The molecule has 0 aromatic rings. The van der Waals surface area contributed by atoms with E-state index in [2.05, 4.69) is 39.7 Å². The SMILES string of the molecule is C=C[C@H](C)[C@H](C)[C@H](CCCC)SC. The summed E-state index contributed by atoms with van der Waals surface area (Å²) in [5.41, 5.74) is 0. The normalized spacial score (nSPS) is 17.8. The van der Waals surface area contributed by atoms with Crippen molar-refractivity contribution in [2.75, 3.05) is 6.26 Å². The molecule has 0 aliphatic rings. The lowest BCUT2D eigenvalue weighted by Crippen LogP contribution is -2.19. The van der Waals surface area contributed by atoms with E-state index in [9.17, 15) is 0 Å². The molecule has 3 atom stereocenters. The van der Waals surface area contributed by atoms with Gasteiger partial charge in [0.05, 0.1) is 0 Å². The minimum Gasteiger partial charge on any atom is -0.162 e. The van der Waals surface area contributed by atoms with Crippen molar-refractivity contribution < 1.29 is 0 Å². The Balaban J connectivity index is 3.97. The first-order valence-corrected chi connectivity index (χ1v) is 6.61. The van der Waals surface area contributed by atoms with Crippen molar-refractivity contribution in [1.29, 1.82) is 0 Å². The molecule has 13 heavy (non-hydrogen) atoms. The Kier molecular flexibility index (Phi) is 7.54. The number of thioether (sulfide) groups is 1. The van der Waals surface area contributed by atoms with E-state index in [-0.39, 0.29) is 0 Å². The molecule has 0 saturated heterocycles. The second-order valence-electron chi connectivity index (χ2n) is 3.87. The Bertz CT molecular complexity index is 131. The summed E-state index contributed by atoms with van der Waals surface area (Å²) < 4.78 is 0. The van der Waals surface area contributed by atoms with Crippen molar-refractivity contribution >= 4 is 11.8 Å². The number of unbranched alkanes of at least 4 members (excludes halogenated alkanes) is 1. The highest BCUT2D eigenvalue weighted by Crippen LogP contribution is 2.28. The predicted molar refractivity (Wildman–Crippen MR) is 65.4 cm³/mol. The van der Waals surface area contributed by atoms with Gasteiger partial charge in [-0.25, -0.2) is 0 Å². The molecule has 0 aliphatic heterocycles. The molecule has 0 heterocycles. The fraction of sp³-hybridized carbons (Fsp3) is 0.833. The maximum absolute atomic E-state index is 3.87. The minimum absolute atomic E-state index is 0.648. The Morgan fingerprint density at radius 1 is 1.38 bits per heavy atom. The van der Waals surface area contributed by atoms with Crippen LogP contribution in [0.3, 0.4) is 0 Å². The number of hydrogen-bond donors (Lipinski definition) is 0. The minimum atomic E-state index is 0.648. The molecule has 0 fully saturated rings. The lowest BCUT2D eigenvalue weighted by Gasteiger charge is -2.25. The van der Waals surface area contributed by atoms with Crippen LogP contribution in [0.2, 0.25) is 0 Å². The van der Waals surface area contributed by atoms with E-state index in [4.69, 9.17) is 0 Å². The standard InChI is InChI=1S/C12H24S/c1-6-8-9-12(13-5)11(4)10(3)7-2/h7,10-12H,2,6,8-9H2,1,3-5H3/t10-,11-,12-/m0/s1. The lowest BCUT2D eigenvalue weighted by atomic mass is 9.90. The Hall–Kier alpha value is 0.0900. The van der Waals surface area contributed by atoms with Gasteiger partial charge < -0.3 is 0 Å². The average Bonchev–Trinajstić information content (AvgIpc) is 2.17. The van der Waals surface area contributed by atoms with Gasteiger partial charge >= 0.3 is 0 Å². The predicted octanol–water partition coefficient (Wildman–Crippen LogP) is 4.37. The van der Waals surface area contributed by atoms with Crippen molar-refractivity contribution in [2.24, 2.45) is 11.8 Å². The summed E-state index contributed by atoms with van der Waals surface area (Å²) in [7, 11) is 0. The lowest BCUT2D eigenvalue weighted by molar-refractivity contribution is 0.422. The van der Waals surface area contributed by atoms with Gasteiger partial charge in [-0.3, -0.25) is 0 Å². The molecule has 78 valence electrons. The molecule has 0 bridgehead atoms. The summed E-state index contributed by atoms with van der Waals surface area (Å²) in [6.45, 7) is 10.8. The largest absolute Gasteiger partial charge is 0.162 e. The third-order valence-corrected chi connectivity index (χ3v) is 4.20. The molecule has 0 N–H and O–H groups in total. The molecule has 0 saturated carbocycles. The van der Waals surface area contributed by atoms with Crippen LogP contribution >= 0.6 is 11.8 Å². The van der Waals surface area contributed by atoms with E-state index in [0.717, 1.165) is 11.2 Å². The van der Waals surface area contributed by atoms with Crippen LogP contribution < -0.4 is 0 Å². The summed E-state index contributed by atoms with van der Waals surface area (Å²) in [4.78, 5) is 0. The van der Waals surface area contributed by atoms with Crippen molar-refractivity contribution in [3.8, 4) is 0 Å². The molecule has 0 rings (SSSR count). The Labute approximate surface area is 88.2 Å². The number of hydrogen-bond acceptors (Lipinski definition) is 1. The molecule has 1 heteroatoms. The van der Waals surface area contributed by atoms with Crippen molar-refractivity contribution in [1.82, 2.24) is 0 Å². The van der Waals surface area contributed by atoms with Crippen LogP contribution in [0.15, 0.2) is 12.7 Å². The zero-order valence-corrected chi connectivity index (χ0v) is 10.4. The van der Waals surface area contributed by atoms with Gasteiger partial charge in [0.25, 0.3) is 0 Å². The zero-order valence-electron chi connectivity index (χ0n) is 9.55. The Morgan fingerprint density at radius 2 is 2.00 bits per heavy atom. The van der Waals surface area contributed by atoms with E-state index in [1.165, 1.54) is 19.3 Å². The third-order valence-electron chi connectivity index (χ3n) is 2.93. The average molecular weight is 200 g/mol. The maximum Gasteiger partial charge on any atom is 0.00754 e. The van der Waals surface area contributed by atoms with Crippen LogP contribution in [0.1, 0.15) is 40.0 Å². The molecule has 0 aliphatic carbocycles. The van der Waals surface area contributed by atoms with E-state index >= 15 is 0 Å². The highest BCUT2D eigenvalue weighted by atomic mass is 32.2. The first-order chi connectivity index (χ1) is 6.17. The summed E-state index contributed by atoms with van der Waals surface area (Å²) in [6, 6.07) is 0. The second kappa shape index (κ2) is 7.49. The second-order valence-corrected chi connectivity index (χ2v) is 4.95. The number of allylic oxidation sites excluding steroid dienone is 1. The molecule has 0 nitrogen and oxygen atoms in total. The smallest absolute Gasteiger partial charge is 0.00754 e. The molecular formula is C12H24S. The van der Waals surface area contributed by atoms with Crippen LogP contribution in [0.25, 0.3) is 0 Å². The van der Waals surface area contributed by atoms with Gasteiger partial charge in [0, 0.05) is 5.25 Å². The first kappa shape index (κ1) is 13.1. The van der Waals surface area contributed by atoms with Gasteiger partial charge in [-0.15, -0.1) is 6.58 Å². The monoisotopic (exact) mass is 200 g/mol. The van der Waals surface area contributed by atoms with Crippen LogP contribution in [0, 0.1) is 11.8 Å². The highest BCUT2D eigenvalue weighted by molar-refractivity contribution is 7.99. The quantitative estimate of drug-likeness (QED) is 0.550. The van der Waals surface area contributed by atoms with E-state index in [1.807, 2.05) is 11.8 Å². The summed E-state index contributed by atoms with van der Waals surface area (Å²) in [5.74, 6) is 1.41.